The normalized spacial score (nSPS) is 45.2. The molecule has 7 nitrogen and oxygen atoms in total. The van der Waals surface area contributed by atoms with Gasteiger partial charge in [0.15, 0.2) is 0 Å². The van der Waals surface area contributed by atoms with E-state index in [1.165, 1.54) is 5.56 Å². The van der Waals surface area contributed by atoms with Crippen LogP contribution in [0.3, 0.4) is 0 Å². The van der Waals surface area contributed by atoms with Crippen molar-refractivity contribution in [3.8, 4) is 5.75 Å². The first-order valence-electron chi connectivity index (χ1n) is 10.1. The van der Waals surface area contributed by atoms with Crippen LogP contribution < -0.4 is 15.4 Å². The molecule has 2 bridgehead atoms. The van der Waals surface area contributed by atoms with Gasteiger partial charge in [0.1, 0.15) is 11.3 Å². The zero-order valence-electron chi connectivity index (χ0n) is 16.2. The SMILES string of the molecule is CCN1CC23C[C@@]4(C[C@]5(CC[C@@]4(O)[C@H]12)NC(=O)NC5=O)c1cc(OC)ccc13. The van der Waals surface area contributed by atoms with Crippen molar-refractivity contribution >= 4 is 11.9 Å². The van der Waals surface area contributed by atoms with Crippen LogP contribution in [0.15, 0.2) is 18.2 Å². The van der Waals surface area contributed by atoms with Crippen LogP contribution >= 0.6 is 0 Å². The second-order valence-corrected chi connectivity index (χ2v) is 9.38. The number of nitrogens with zero attached hydrogens (tertiary/aromatic N) is 1. The number of imide groups is 1. The van der Waals surface area contributed by atoms with Crippen LogP contribution in [0, 0.1) is 0 Å². The van der Waals surface area contributed by atoms with Gasteiger partial charge in [-0.3, -0.25) is 15.0 Å². The third-order valence-electron chi connectivity index (χ3n) is 8.51. The van der Waals surface area contributed by atoms with Gasteiger partial charge in [0, 0.05) is 17.4 Å². The van der Waals surface area contributed by atoms with Crippen molar-refractivity contribution in [1.29, 1.82) is 0 Å². The third-order valence-corrected chi connectivity index (χ3v) is 8.51. The van der Waals surface area contributed by atoms with E-state index < -0.39 is 22.6 Å². The number of likely N-dealkylation sites (tertiary alicyclic amines) is 1. The van der Waals surface area contributed by atoms with Gasteiger partial charge in [-0.2, -0.15) is 0 Å². The molecule has 2 saturated carbocycles. The molecule has 148 valence electrons. The van der Waals surface area contributed by atoms with Gasteiger partial charge in [0.25, 0.3) is 5.91 Å². The number of methoxy groups -OCH3 is 1. The van der Waals surface area contributed by atoms with E-state index in [-0.39, 0.29) is 17.4 Å². The van der Waals surface area contributed by atoms with Crippen LogP contribution in [-0.2, 0) is 15.6 Å². The molecule has 6 rings (SSSR count). The number of rotatable bonds is 2. The lowest BCUT2D eigenvalue weighted by Gasteiger charge is -2.63. The molecule has 5 aliphatic rings. The molecule has 2 saturated heterocycles. The number of hydrogen-bond donors (Lipinski definition) is 3. The number of carbonyl (C=O) groups is 2. The first-order chi connectivity index (χ1) is 13.3. The number of hydrogen-bond acceptors (Lipinski definition) is 5. The Morgan fingerprint density at radius 2 is 2.07 bits per heavy atom. The van der Waals surface area contributed by atoms with Crippen molar-refractivity contribution in [2.45, 2.75) is 60.6 Å². The van der Waals surface area contributed by atoms with Crippen molar-refractivity contribution in [1.82, 2.24) is 15.5 Å². The summed E-state index contributed by atoms with van der Waals surface area (Å²) in [5, 5.41) is 17.5. The molecule has 1 aromatic rings. The Bertz CT molecular complexity index is 950. The second-order valence-electron chi connectivity index (χ2n) is 9.38. The van der Waals surface area contributed by atoms with Crippen LogP contribution in [0.4, 0.5) is 4.79 Å². The molecule has 4 fully saturated rings. The molecule has 1 unspecified atom stereocenters. The highest BCUT2D eigenvalue weighted by Gasteiger charge is 2.82. The van der Waals surface area contributed by atoms with Crippen LogP contribution in [0.1, 0.15) is 43.7 Å². The highest BCUT2D eigenvalue weighted by molar-refractivity contribution is 6.07. The molecular weight excluding hydrogens is 358 g/mol. The number of aliphatic hydroxyl groups is 1. The minimum atomic E-state index is -0.935. The first-order valence-corrected chi connectivity index (χ1v) is 10.1. The largest absolute Gasteiger partial charge is 0.497 e. The fraction of sp³-hybridized carbons (Fsp3) is 0.619. The van der Waals surface area contributed by atoms with Gasteiger partial charge < -0.3 is 15.2 Å². The fourth-order valence-electron chi connectivity index (χ4n) is 7.60. The Balaban J connectivity index is 1.57. The van der Waals surface area contributed by atoms with Crippen LogP contribution in [0.5, 0.6) is 5.75 Å². The number of likely N-dealkylation sites (N-methyl/N-ethyl adjacent to an activating group) is 1. The van der Waals surface area contributed by atoms with E-state index in [2.05, 4.69) is 28.5 Å². The predicted octanol–water partition coefficient (Wildman–Crippen LogP) is 0.785. The Labute approximate surface area is 163 Å². The Kier molecular flexibility index (Phi) is 2.83. The summed E-state index contributed by atoms with van der Waals surface area (Å²) in [6.07, 6.45) is 2.22. The topological polar surface area (TPSA) is 90.9 Å². The van der Waals surface area contributed by atoms with Crippen molar-refractivity contribution in [2.24, 2.45) is 0 Å². The molecule has 3 N–H and O–H groups in total. The minimum Gasteiger partial charge on any atom is -0.497 e. The number of benzene rings is 1. The van der Waals surface area contributed by atoms with Crippen molar-refractivity contribution in [2.75, 3.05) is 20.2 Å². The zero-order chi connectivity index (χ0) is 19.5. The lowest BCUT2D eigenvalue weighted by atomic mass is 9.52. The lowest BCUT2D eigenvalue weighted by Crippen LogP contribution is -2.76. The Morgan fingerprint density at radius 3 is 2.75 bits per heavy atom. The number of urea groups is 1. The minimum absolute atomic E-state index is 0.0724. The average Bonchev–Trinajstić information content (AvgIpc) is 3.16. The summed E-state index contributed by atoms with van der Waals surface area (Å²) in [7, 11) is 1.65. The van der Waals surface area contributed by atoms with Gasteiger partial charge in [-0.05, 0) is 55.5 Å². The fourth-order valence-corrected chi connectivity index (χ4v) is 7.60. The molecule has 1 aromatic carbocycles. The summed E-state index contributed by atoms with van der Waals surface area (Å²) in [5.74, 6) is 0.507. The molecule has 0 aromatic heterocycles. The number of nitrogens with one attached hydrogen (secondary N) is 2. The monoisotopic (exact) mass is 383 g/mol. The molecular formula is C21H25N3O4. The second kappa shape index (κ2) is 4.71. The number of carbonyl (C=O) groups excluding carboxylic acids is 2. The van der Waals surface area contributed by atoms with Gasteiger partial charge >= 0.3 is 6.03 Å². The summed E-state index contributed by atoms with van der Waals surface area (Å²) in [4.78, 5) is 27.1. The predicted molar refractivity (Wildman–Crippen MR) is 100 cm³/mol. The maximum atomic E-state index is 12.7. The van der Waals surface area contributed by atoms with Crippen molar-refractivity contribution in [3.63, 3.8) is 0 Å². The van der Waals surface area contributed by atoms with Crippen molar-refractivity contribution in [3.05, 3.63) is 29.3 Å². The Hall–Kier alpha value is -2.12. The number of amides is 3. The summed E-state index contributed by atoms with van der Waals surface area (Å²) >= 11 is 0. The third kappa shape index (κ3) is 1.51. The highest BCUT2D eigenvalue weighted by atomic mass is 16.5. The summed E-state index contributed by atoms with van der Waals surface area (Å²) in [5.41, 5.74) is -0.0747. The molecule has 3 amide bonds. The van der Waals surface area contributed by atoms with Gasteiger partial charge in [-0.15, -0.1) is 0 Å². The smallest absolute Gasteiger partial charge is 0.322 e. The van der Waals surface area contributed by atoms with Gasteiger partial charge in [0.05, 0.1) is 18.8 Å². The first kappa shape index (κ1) is 16.8. The van der Waals surface area contributed by atoms with E-state index in [1.54, 1.807) is 7.11 Å². The molecule has 2 heterocycles. The van der Waals surface area contributed by atoms with E-state index in [1.807, 2.05) is 12.1 Å². The standard InChI is InChI=1S/C21H25N3O4/c1-3-24-11-18-9-19(14-8-12(28-2)4-5-13(14)18)10-20(16(25)22-17(26)23-20)6-7-21(19,27)15(18)24/h4-5,8,15,27H,3,6-7,9-11H2,1-2H3,(H2,22,23,25,26)/t15-,18?,19-,20+,21-/m1/s1. The van der Waals surface area contributed by atoms with Crippen LogP contribution in [0.2, 0.25) is 0 Å². The van der Waals surface area contributed by atoms with Gasteiger partial charge in [-0.25, -0.2) is 4.79 Å². The molecule has 2 aliphatic heterocycles. The molecule has 5 atom stereocenters. The van der Waals surface area contributed by atoms with Crippen molar-refractivity contribution < 1.29 is 19.4 Å². The zero-order valence-corrected chi connectivity index (χ0v) is 16.2. The van der Waals surface area contributed by atoms with Crippen LogP contribution in [-0.4, -0.2) is 59.3 Å². The molecule has 28 heavy (non-hydrogen) atoms. The molecule has 3 aliphatic carbocycles. The lowest BCUT2D eigenvalue weighted by molar-refractivity contribution is -0.158. The van der Waals surface area contributed by atoms with E-state index >= 15 is 0 Å². The molecule has 7 heteroatoms. The summed E-state index contributed by atoms with van der Waals surface area (Å²) in [6, 6.07) is 5.84. The van der Waals surface area contributed by atoms with Crippen LogP contribution in [0.25, 0.3) is 0 Å². The van der Waals surface area contributed by atoms with E-state index in [0.717, 1.165) is 30.8 Å². The van der Waals surface area contributed by atoms with Gasteiger partial charge in [0.2, 0.25) is 0 Å². The maximum absolute atomic E-state index is 12.7. The quantitative estimate of drug-likeness (QED) is 0.657. The molecule has 0 radical (unpaired) electrons. The maximum Gasteiger partial charge on any atom is 0.322 e. The highest BCUT2D eigenvalue weighted by Crippen LogP contribution is 2.74. The number of ether oxygens (including phenoxy) is 1. The van der Waals surface area contributed by atoms with E-state index in [9.17, 15) is 14.7 Å². The average molecular weight is 383 g/mol. The number of fused-ring (bicyclic) bond motifs is 2. The van der Waals surface area contributed by atoms with E-state index in [4.69, 9.17) is 4.74 Å². The molecule has 3 spiro atoms. The van der Waals surface area contributed by atoms with E-state index in [0.29, 0.717) is 19.3 Å². The summed E-state index contributed by atoms with van der Waals surface area (Å²) < 4.78 is 5.49. The van der Waals surface area contributed by atoms with Gasteiger partial charge in [-0.1, -0.05) is 13.0 Å². The Morgan fingerprint density at radius 1 is 1.25 bits per heavy atom. The summed E-state index contributed by atoms with van der Waals surface area (Å²) in [6.45, 7) is 3.97.